The zero-order valence-electron chi connectivity index (χ0n) is 8.15. The Morgan fingerprint density at radius 3 is 2.25 bits per heavy atom. The molecule has 0 atom stereocenters. The number of allylic oxidation sites excluding steroid dienone is 4. The van der Waals surface area contributed by atoms with E-state index in [0.29, 0.717) is 5.92 Å². The molecule has 0 aliphatic carbocycles. The molecule has 0 bridgehead atoms. The minimum Gasteiger partial charge on any atom is -0.0955 e. The standard InChI is InChI=1S/C11H17Cl/c1-6-9(4)11(12)7-10(5)8(2)3/h7-8H,4-6H2,1-3H3/b11-7+. The maximum atomic E-state index is 5.97. The minimum atomic E-state index is 0.448. The Morgan fingerprint density at radius 1 is 1.42 bits per heavy atom. The molecule has 0 rings (SSSR count). The summed E-state index contributed by atoms with van der Waals surface area (Å²) in [5.41, 5.74) is 2.02. The molecule has 0 aromatic rings. The van der Waals surface area contributed by atoms with Crippen LogP contribution in [0.4, 0.5) is 0 Å². The van der Waals surface area contributed by atoms with Crippen molar-refractivity contribution in [1.29, 1.82) is 0 Å². The summed E-state index contributed by atoms with van der Waals surface area (Å²) in [7, 11) is 0. The highest BCUT2D eigenvalue weighted by Gasteiger charge is 2.00. The zero-order valence-corrected chi connectivity index (χ0v) is 8.91. The van der Waals surface area contributed by atoms with Crippen LogP contribution in [0.5, 0.6) is 0 Å². The molecule has 0 spiro atoms. The van der Waals surface area contributed by atoms with Crippen molar-refractivity contribution in [1.82, 2.24) is 0 Å². The molecule has 0 aromatic heterocycles. The smallest absolute Gasteiger partial charge is 0.0434 e. The summed E-state index contributed by atoms with van der Waals surface area (Å²) in [6.07, 6.45) is 2.79. The van der Waals surface area contributed by atoms with Crippen LogP contribution in [0.2, 0.25) is 0 Å². The van der Waals surface area contributed by atoms with Gasteiger partial charge >= 0.3 is 0 Å². The molecule has 0 aliphatic rings. The molecule has 12 heavy (non-hydrogen) atoms. The molecule has 0 saturated heterocycles. The second-order valence-electron chi connectivity index (χ2n) is 3.18. The summed E-state index contributed by atoms with van der Waals surface area (Å²) >= 11 is 5.97. The molecule has 0 heterocycles. The van der Waals surface area contributed by atoms with E-state index >= 15 is 0 Å². The van der Waals surface area contributed by atoms with E-state index in [-0.39, 0.29) is 0 Å². The van der Waals surface area contributed by atoms with Gasteiger partial charge in [0.2, 0.25) is 0 Å². The third-order valence-electron chi connectivity index (χ3n) is 1.82. The van der Waals surface area contributed by atoms with Crippen LogP contribution >= 0.6 is 11.6 Å². The number of hydrogen-bond acceptors (Lipinski definition) is 0. The van der Waals surface area contributed by atoms with Crippen molar-refractivity contribution in [3.8, 4) is 0 Å². The molecule has 0 N–H and O–H groups in total. The largest absolute Gasteiger partial charge is 0.0955 e. The Bertz CT molecular complexity index is 209. The molecule has 68 valence electrons. The van der Waals surface area contributed by atoms with Gasteiger partial charge in [-0.05, 0) is 24.0 Å². The predicted octanol–water partition coefficient (Wildman–Crippen LogP) is 4.29. The van der Waals surface area contributed by atoms with Crippen LogP contribution in [0.3, 0.4) is 0 Å². The first-order chi connectivity index (χ1) is 5.49. The molecule has 0 fully saturated rings. The summed E-state index contributed by atoms with van der Waals surface area (Å²) in [4.78, 5) is 0. The van der Waals surface area contributed by atoms with Crippen molar-refractivity contribution in [3.05, 3.63) is 35.4 Å². The van der Waals surface area contributed by atoms with Gasteiger partial charge in [-0.15, -0.1) is 0 Å². The van der Waals surface area contributed by atoms with Gasteiger partial charge in [0.05, 0.1) is 0 Å². The second-order valence-corrected chi connectivity index (χ2v) is 3.59. The van der Waals surface area contributed by atoms with Crippen LogP contribution < -0.4 is 0 Å². The fraction of sp³-hybridized carbons (Fsp3) is 0.455. The van der Waals surface area contributed by atoms with Crippen LogP contribution in [0, 0.1) is 5.92 Å². The highest BCUT2D eigenvalue weighted by Crippen LogP contribution is 2.20. The monoisotopic (exact) mass is 184 g/mol. The van der Waals surface area contributed by atoms with Gasteiger partial charge < -0.3 is 0 Å². The first-order valence-electron chi connectivity index (χ1n) is 4.23. The van der Waals surface area contributed by atoms with Crippen LogP contribution in [0.1, 0.15) is 27.2 Å². The molecular formula is C11H17Cl. The van der Waals surface area contributed by atoms with E-state index in [1.807, 2.05) is 13.0 Å². The average Bonchev–Trinajstić information content (AvgIpc) is 2.02. The topological polar surface area (TPSA) is 0 Å². The first-order valence-corrected chi connectivity index (χ1v) is 4.61. The summed E-state index contributed by atoms with van der Waals surface area (Å²) in [5.74, 6) is 0.448. The minimum absolute atomic E-state index is 0.448. The van der Waals surface area contributed by atoms with Crippen LogP contribution in [0.25, 0.3) is 0 Å². The fourth-order valence-electron chi connectivity index (χ4n) is 0.600. The second kappa shape index (κ2) is 5.21. The molecule has 0 unspecified atom stereocenters. The van der Waals surface area contributed by atoms with Gasteiger partial charge in [-0.3, -0.25) is 0 Å². The quantitative estimate of drug-likeness (QED) is 0.572. The van der Waals surface area contributed by atoms with E-state index in [4.69, 9.17) is 11.6 Å². The van der Waals surface area contributed by atoms with Crippen LogP contribution in [-0.2, 0) is 0 Å². The van der Waals surface area contributed by atoms with Crippen molar-refractivity contribution in [2.75, 3.05) is 0 Å². The van der Waals surface area contributed by atoms with Crippen molar-refractivity contribution in [2.45, 2.75) is 27.2 Å². The lowest BCUT2D eigenvalue weighted by Gasteiger charge is -2.05. The molecule has 0 nitrogen and oxygen atoms in total. The Labute approximate surface area is 80.6 Å². The van der Waals surface area contributed by atoms with E-state index < -0.39 is 0 Å². The van der Waals surface area contributed by atoms with Crippen molar-refractivity contribution in [3.63, 3.8) is 0 Å². The number of halogens is 1. The van der Waals surface area contributed by atoms with Crippen LogP contribution in [-0.4, -0.2) is 0 Å². The number of hydrogen-bond donors (Lipinski definition) is 0. The van der Waals surface area contributed by atoms with Gasteiger partial charge in [0.15, 0.2) is 0 Å². The maximum absolute atomic E-state index is 5.97. The lowest BCUT2D eigenvalue weighted by atomic mass is 10.0. The third kappa shape index (κ3) is 3.77. The first kappa shape index (κ1) is 11.5. The lowest BCUT2D eigenvalue weighted by Crippen LogP contribution is -1.89. The third-order valence-corrected chi connectivity index (χ3v) is 2.19. The molecule has 0 aromatic carbocycles. The van der Waals surface area contributed by atoms with Crippen LogP contribution in [0.15, 0.2) is 35.4 Å². The Kier molecular flexibility index (Phi) is 5.00. The highest BCUT2D eigenvalue weighted by molar-refractivity contribution is 6.32. The summed E-state index contributed by atoms with van der Waals surface area (Å²) < 4.78 is 0. The molecule has 1 heteroatoms. The van der Waals surface area contributed by atoms with Gasteiger partial charge in [0, 0.05) is 5.03 Å². The summed E-state index contributed by atoms with van der Waals surface area (Å²) in [6, 6.07) is 0. The van der Waals surface area contributed by atoms with Gasteiger partial charge in [0.25, 0.3) is 0 Å². The predicted molar refractivity (Wildman–Crippen MR) is 57.3 cm³/mol. The average molecular weight is 185 g/mol. The summed E-state index contributed by atoms with van der Waals surface area (Å²) in [6.45, 7) is 14.0. The van der Waals surface area contributed by atoms with Gasteiger partial charge in [-0.2, -0.15) is 0 Å². The Balaban J connectivity index is 4.36. The van der Waals surface area contributed by atoms with Crippen molar-refractivity contribution in [2.24, 2.45) is 5.92 Å². The Morgan fingerprint density at radius 2 is 1.92 bits per heavy atom. The maximum Gasteiger partial charge on any atom is 0.0434 e. The van der Waals surface area contributed by atoms with Gasteiger partial charge in [0.1, 0.15) is 0 Å². The van der Waals surface area contributed by atoms with E-state index in [2.05, 4.69) is 27.0 Å². The molecular weight excluding hydrogens is 168 g/mol. The van der Waals surface area contributed by atoms with Crippen molar-refractivity contribution < 1.29 is 0 Å². The van der Waals surface area contributed by atoms with E-state index in [1.165, 1.54) is 0 Å². The molecule has 0 saturated carbocycles. The lowest BCUT2D eigenvalue weighted by molar-refractivity contribution is 0.794. The zero-order chi connectivity index (χ0) is 9.72. The van der Waals surface area contributed by atoms with E-state index in [9.17, 15) is 0 Å². The normalized spacial score (nSPS) is 11.9. The summed E-state index contributed by atoms with van der Waals surface area (Å²) in [5, 5.41) is 0.733. The van der Waals surface area contributed by atoms with E-state index in [0.717, 1.165) is 22.6 Å². The van der Waals surface area contributed by atoms with E-state index in [1.54, 1.807) is 0 Å². The fourth-order valence-corrected chi connectivity index (χ4v) is 0.874. The highest BCUT2D eigenvalue weighted by atomic mass is 35.5. The van der Waals surface area contributed by atoms with Gasteiger partial charge in [-0.1, -0.05) is 51.1 Å². The Hall–Kier alpha value is -0.490. The number of rotatable bonds is 4. The van der Waals surface area contributed by atoms with Crippen molar-refractivity contribution >= 4 is 11.6 Å². The molecule has 0 radical (unpaired) electrons. The van der Waals surface area contributed by atoms with Gasteiger partial charge in [-0.25, -0.2) is 0 Å². The molecule has 0 amide bonds. The molecule has 0 aliphatic heterocycles. The SMILES string of the molecule is C=C(CC)/C(Cl)=C\C(=C)C(C)C.